The van der Waals surface area contributed by atoms with E-state index in [1.807, 2.05) is 0 Å². The first-order chi connectivity index (χ1) is 21.5. The standard InChI is InChI=1S/C33H25F6NO6/c1-3-46-25-9-15(4-7-23(25)41)26-19-5-6-20-27(21(19)13-22-24(42)8-14(2)29(43)28(22)26)31(45)40(30(20)44)18-11-16(32(34,35)36)10-17(12-18)33(37,38)39/h4-5,7-12,20-21,26-27,41H,3,6,13H2,1-2H3. The van der Waals surface area contributed by atoms with E-state index in [-0.39, 0.29) is 53.7 Å². The van der Waals surface area contributed by atoms with E-state index in [4.69, 9.17) is 4.74 Å². The van der Waals surface area contributed by atoms with Crippen molar-refractivity contribution in [1.82, 2.24) is 0 Å². The lowest BCUT2D eigenvalue weighted by Crippen LogP contribution is -2.39. The molecule has 1 fully saturated rings. The minimum absolute atomic E-state index is 0.0870. The Morgan fingerprint density at radius 3 is 2.17 bits per heavy atom. The molecular formula is C33H25F6NO6. The summed E-state index contributed by atoms with van der Waals surface area (Å²) in [6, 6.07) is 4.97. The average Bonchev–Trinajstić information content (AvgIpc) is 3.24. The van der Waals surface area contributed by atoms with Crippen LogP contribution in [-0.2, 0) is 31.5 Å². The maximum Gasteiger partial charge on any atom is 0.416 e. The molecule has 1 N–H and O–H groups in total. The molecule has 0 radical (unpaired) electrons. The van der Waals surface area contributed by atoms with Gasteiger partial charge < -0.3 is 9.84 Å². The number of phenolic OH excluding ortho intramolecular Hbond substituents is 1. The Morgan fingerprint density at radius 1 is 0.913 bits per heavy atom. The maximum atomic E-state index is 14.0. The van der Waals surface area contributed by atoms with E-state index in [2.05, 4.69) is 0 Å². The number of carbonyl (C=O) groups excluding carboxylic acids is 4. The van der Waals surface area contributed by atoms with Crippen LogP contribution >= 0.6 is 0 Å². The third-order valence-electron chi connectivity index (χ3n) is 9.01. The van der Waals surface area contributed by atoms with Gasteiger partial charge in [-0.25, -0.2) is 4.90 Å². The third-order valence-corrected chi connectivity index (χ3v) is 9.01. The molecule has 0 bridgehead atoms. The highest BCUT2D eigenvalue weighted by molar-refractivity contribution is 6.25. The Kier molecular flexibility index (Phi) is 7.28. The number of aromatic hydroxyl groups is 1. The van der Waals surface area contributed by atoms with Gasteiger partial charge in [0, 0.05) is 22.6 Å². The van der Waals surface area contributed by atoms with Gasteiger partial charge in [-0.2, -0.15) is 26.3 Å². The van der Waals surface area contributed by atoms with Crippen LogP contribution in [0, 0.1) is 17.8 Å². The highest BCUT2D eigenvalue weighted by Gasteiger charge is 2.57. The normalized spacial score (nSPS) is 24.8. The summed E-state index contributed by atoms with van der Waals surface area (Å²) in [5.74, 6) is -7.08. The summed E-state index contributed by atoms with van der Waals surface area (Å²) in [5, 5.41) is 10.3. The van der Waals surface area contributed by atoms with Crippen LogP contribution in [0.3, 0.4) is 0 Å². The van der Waals surface area contributed by atoms with Crippen molar-refractivity contribution in [3.05, 3.63) is 87.5 Å². The summed E-state index contributed by atoms with van der Waals surface area (Å²) in [6.07, 6.45) is -7.81. The monoisotopic (exact) mass is 645 g/mol. The molecule has 2 amide bonds. The van der Waals surface area contributed by atoms with Gasteiger partial charge >= 0.3 is 12.4 Å². The molecule has 0 aromatic heterocycles. The number of halogens is 6. The fourth-order valence-corrected chi connectivity index (χ4v) is 7.04. The second-order valence-electron chi connectivity index (χ2n) is 11.7. The number of carbonyl (C=O) groups is 4. The van der Waals surface area contributed by atoms with E-state index in [1.54, 1.807) is 13.0 Å². The van der Waals surface area contributed by atoms with Crippen LogP contribution in [0.5, 0.6) is 11.5 Å². The van der Waals surface area contributed by atoms with Crippen molar-refractivity contribution in [1.29, 1.82) is 0 Å². The van der Waals surface area contributed by atoms with Crippen molar-refractivity contribution in [2.45, 2.75) is 45.0 Å². The van der Waals surface area contributed by atoms with Gasteiger partial charge in [0.1, 0.15) is 0 Å². The van der Waals surface area contributed by atoms with E-state index >= 15 is 0 Å². The molecule has 4 atom stereocenters. The van der Waals surface area contributed by atoms with E-state index in [0.717, 1.165) is 0 Å². The topological polar surface area (TPSA) is 101 Å². The quantitative estimate of drug-likeness (QED) is 0.177. The highest BCUT2D eigenvalue weighted by Crippen LogP contribution is 2.56. The summed E-state index contributed by atoms with van der Waals surface area (Å²) >= 11 is 0. The number of amides is 2. The number of ether oxygens (including phenoxy) is 1. The molecule has 6 rings (SSSR count). The number of rotatable bonds is 4. The second-order valence-corrected chi connectivity index (χ2v) is 11.7. The summed E-state index contributed by atoms with van der Waals surface area (Å²) in [6.45, 7) is 3.38. The largest absolute Gasteiger partial charge is 0.504 e. The summed E-state index contributed by atoms with van der Waals surface area (Å²) in [4.78, 5) is 54.8. The number of fused-ring (bicyclic) bond motifs is 3. The number of hydrogen-bond donors (Lipinski definition) is 1. The number of nitrogens with zero attached hydrogens (tertiary/aromatic N) is 1. The lowest BCUT2D eigenvalue weighted by atomic mass is 9.59. The minimum Gasteiger partial charge on any atom is -0.504 e. The summed E-state index contributed by atoms with van der Waals surface area (Å²) in [7, 11) is 0. The second kappa shape index (κ2) is 10.7. The van der Waals surface area contributed by atoms with Crippen molar-refractivity contribution in [3.8, 4) is 11.5 Å². The lowest BCUT2D eigenvalue weighted by Gasteiger charge is -2.42. The molecule has 46 heavy (non-hydrogen) atoms. The Balaban J connectivity index is 1.48. The maximum absolute atomic E-state index is 14.0. The fourth-order valence-electron chi connectivity index (χ4n) is 7.04. The predicted octanol–water partition coefficient (Wildman–Crippen LogP) is 6.46. The number of anilines is 1. The van der Waals surface area contributed by atoms with Crippen LogP contribution in [0.2, 0.25) is 0 Å². The zero-order valence-corrected chi connectivity index (χ0v) is 24.3. The van der Waals surface area contributed by atoms with Crippen LogP contribution in [0.1, 0.15) is 49.3 Å². The molecule has 13 heteroatoms. The van der Waals surface area contributed by atoms with Gasteiger partial charge in [-0.3, -0.25) is 19.2 Å². The van der Waals surface area contributed by atoms with Gasteiger partial charge in [-0.1, -0.05) is 17.7 Å². The molecule has 2 aromatic carbocycles. The van der Waals surface area contributed by atoms with Crippen molar-refractivity contribution in [3.63, 3.8) is 0 Å². The van der Waals surface area contributed by atoms with Gasteiger partial charge in [-0.15, -0.1) is 0 Å². The molecule has 4 aliphatic rings. The Morgan fingerprint density at radius 2 is 1.57 bits per heavy atom. The number of ketones is 2. The van der Waals surface area contributed by atoms with Crippen molar-refractivity contribution >= 4 is 29.1 Å². The van der Waals surface area contributed by atoms with E-state index in [0.29, 0.717) is 28.2 Å². The molecule has 4 unspecified atom stereocenters. The zero-order chi connectivity index (χ0) is 33.5. The molecule has 0 saturated carbocycles. The first kappa shape index (κ1) is 31.3. The first-order valence-electron chi connectivity index (χ1n) is 14.4. The number of imide groups is 1. The van der Waals surface area contributed by atoms with Crippen LogP contribution in [0.25, 0.3) is 0 Å². The molecule has 1 aliphatic heterocycles. The van der Waals surface area contributed by atoms with Gasteiger partial charge in [0.15, 0.2) is 23.1 Å². The number of Topliss-reactive ketones (excluding diaryl/α,β-unsaturated/α-hetero) is 1. The van der Waals surface area contributed by atoms with Crippen molar-refractivity contribution < 1.29 is 55.4 Å². The first-order valence-corrected chi connectivity index (χ1v) is 14.4. The SMILES string of the molecule is CCOc1cc(C2C3=CCC4C(=O)N(c5cc(C(F)(F)F)cc(C(F)(F)F)c5)C(=O)C4C3CC3=C2C(=O)C(C)=CC3=O)ccc1O. The van der Waals surface area contributed by atoms with E-state index < -0.39 is 76.2 Å². The van der Waals surface area contributed by atoms with Crippen LogP contribution < -0.4 is 9.64 Å². The molecule has 240 valence electrons. The predicted molar refractivity (Wildman–Crippen MR) is 150 cm³/mol. The minimum atomic E-state index is -5.20. The molecule has 1 heterocycles. The number of allylic oxidation sites excluding steroid dienone is 6. The van der Waals surface area contributed by atoms with Crippen molar-refractivity contribution in [2.75, 3.05) is 11.5 Å². The van der Waals surface area contributed by atoms with E-state index in [9.17, 15) is 50.6 Å². The third kappa shape index (κ3) is 4.92. The van der Waals surface area contributed by atoms with Gasteiger partial charge in [0.05, 0.1) is 35.3 Å². The van der Waals surface area contributed by atoms with Gasteiger partial charge in [0.2, 0.25) is 11.8 Å². The fraction of sp³-hybridized carbons (Fsp3) is 0.333. The number of phenols is 1. The molecule has 2 aromatic rings. The molecular weight excluding hydrogens is 620 g/mol. The molecule has 1 saturated heterocycles. The smallest absolute Gasteiger partial charge is 0.416 e. The van der Waals surface area contributed by atoms with Gasteiger partial charge in [0.25, 0.3) is 0 Å². The molecule has 3 aliphatic carbocycles. The number of hydrogen-bond acceptors (Lipinski definition) is 6. The summed E-state index contributed by atoms with van der Waals surface area (Å²) in [5.41, 5.74) is -2.80. The Hall–Kier alpha value is -4.68. The summed E-state index contributed by atoms with van der Waals surface area (Å²) < 4.78 is 87.3. The molecule has 7 nitrogen and oxygen atoms in total. The van der Waals surface area contributed by atoms with Gasteiger partial charge in [-0.05, 0) is 74.6 Å². The van der Waals surface area contributed by atoms with Crippen LogP contribution in [0.4, 0.5) is 32.0 Å². The molecule has 0 spiro atoms. The number of alkyl halides is 6. The van der Waals surface area contributed by atoms with Crippen LogP contribution in [-0.4, -0.2) is 35.1 Å². The van der Waals surface area contributed by atoms with Crippen molar-refractivity contribution in [2.24, 2.45) is 17.8 Å². The Labute approximate surface area is 257 Å². The lowest BCUT2D eigenvalue weighted by molar-refractivity contribution is -0.143. The van der Waals surface area contributed by atoms with E-state index in [1.165, 1.54) is 31.2 Å². The number of benzene rings is 2. The zero-order valence-electron chi connectivity index (χ0n) is 24.3. The Bertz CT molecular complexity index is 1780. The average molecular weight is 646 g/mol. The highest BCUT2D eigenvalue weighted by atomic mass is 19.4. The van der Waals surface area contributed by atoms with Crippen LogP contribution in [0.15, 0.2) is 70.8 Å².